The Bertz CT molecular complexity index is 829. The van der Waals surface area contributed by atoms with Gasteiger partial charge in [0.25, 0.3) is 0 Å². The minimum absolute atomic E-state index is 0.693. The molecular weight excluding hydrogens is 352 g/mol. The summed E-state index contributed by atoms with van der Waals surface area (Å²) in [6, 6.07) is 10.6. The van der Waals surface area contributed by atoms with Gasteiger partial charge in [0.05, 0.1) is 26.0 Å². The van der Waals surface area contributed by atoms with Gasteiger partial charge in [-0.15, -0.1) is 0 Å². The molecule has 0 amide bonds. The molecule has 3 rings (SSSR count). The highest BCUT2D eigenvalue weighted by Crippen LogP contribution is 2.25. The maximum atomic E-state index is 5.44. The van der Waals surface area contributed by atoms with E-state index in [9.17, 15) is 0 Å². The highest BCUT2D eigenvalue weighted by atomic mass is 16.5. The first kappa shape index (κ1) is 19.8. The molecule has 1 aromatic carbocycles. The lowest BCUT2D eigenvalue weighted by atomic mass is 10.1. The van der Waals surface area contributed by atoms with Gasteiger partial charge >= 0.3 is 0 Å². The lowest BCUT2D eigenvalue weighted by Crippen LogP contribution is -2.36. The number of ether oxygens (including phenoxy) is 2. The number of hydrogen-bond acceptors (Lipinski definition) is 6. The van der Waals surface area contributed by atoms with Crippen LogP contribution in [0.1, 0.15) is 11.1 Å². The van der Waals surface area contributed by atoms with Crippen molar-refractivity contribution in [2.45, 2.75) is 6.54 Å². The van der Waals surface area contributed by atoms with Crippen LogP contribution in [0.15, 0.2) is 55.3 Å². The Labute approximate surface area is 166 Å². The Kier molecular flexibility index (Phi) is 6.92. The zero-order valence-electron chi connectivity index (χ0n) is 16.6. The van der Waals surface area contributed by atoms with Gasteiger partial charge in [-0.3, -0.25) is 0 Å². The topological polar surface area (TPSA) is 58.7 Å². The Morgan fingerprint density at radius 3 is 2.86 bits per heavy atom. The van der Waals surface area contributed by atoms with Crippen LogP contribution in [-0.2, 0) is 16.0 Å². The van der Waals surface area contributed by atoms with Crippen LogP contribution in [-0.4, -0.2) is 45.4 Å². The molecule has 1 aliphatic rings. The maximum absolute atomic E-state index is 5.44. The van der Waals surface area contributed by atoms with Crippen molar-refractivity contribution in [3.05, 3.63) is 66.4 Å². The summed E-state index contributed by atoms with van der Waals surface area (Å²) in [6.45, 7) is 7.86. The summed E-state index contributed by atoms with van der Waals surface area (Å²) < 4.78 is 10.8. The molecule has 1 aromatic heterocycles. The summed E-state index contributed by atoms with van der Waals surface area (Å²) in [5.74, 6) is 1.53. The standard InChI is InChI=1S/C22H28N4O2/c1-4-6-21(27-3)18-14-20(23-2)22(25-16-18)24-15-17-7-5-8-19(13-17)26-9-11-28-12-10-26/h4-8,13-14,16,23H,1,9-12,15H2,2-3H3,(H,24,25)/b21-6-. The first-order valence-corrected chi connectivity index (χ1v) is 9.45. The van der Waals surface area contributed by atoms with E-state index in [1.807, 2.05) is 19.2 Å². The molecule has 148 valence electrons. The zero-order valence-corrected chi connectivity index (χ0v) is 16.6. The van der Waals surface area contributed by atoms with Crippen molar-refractivity contribution in [3.8, 4) is 0 Å². The molecule has 1 fully saturated rings. The molecule has 0 unspecified atom stereocenters. The molecule has 1 saturated heterocycles. The predicted octanol–water partition coefficient (Wildman–Crippen LogP) is 3.75. The highest BCUT2D eigenvalue weighted by Gasteiger charge is 2.12. The minimum Gasteiger partial charge on any atom is -0.496 e. The van der Waals surface area contributed by atoms with Crippen molar-refractivity contribution >= 4 is 23.0 Å². The monoisotopic (exact) mass is 380 g/mol. The lowest BCUT2D eigenvalue weighted by molar-refractivity contribution is 0.122. The molecule has 0 atom stereocenters. The second kappa shape index (κ2) is 9.80. The predicted molar refractivity (Wildman–Crippen MR) is 116 cm³/mol. The Morgan fingerprint density at radius 1 is 1.32 bits per heavy atom. The van der Waals surface area contributed by atoms with E-state index in [1.54, 1.807) is 19.4 Å². The smallest absolute Gasteiger partial charge is 0.149 e. The molecule has 2 heterocycles. The zero-order chi connectivity index (χ0) is 19.8. The van der Waals surface area contributed by atoms with Crippen molar-refractivity contribution in [1.82, 2.24) is 4.98 Å². The molecule has 28 heavy (non-hydrogen) atoms. The molecule has 6 heteroatoms. The number of morpholine rings is 1. The fourth-order valence-corrected chi connectivity index (χ4v) is 3.19. The number of benzene rings is 1. The van der Waals surface area contributed by atoms with Gasteiger partial charge in [0.15, 0.2) is 0 Å². The van der Waals surface area contributed by atoms with Gasteiger partial charge < -0.3 is 25.0 Å². The number of nitrogens with one attached hydrogen (secondary N) is 2. The molecule has 6 nitrogen and oxygen atoms in total. The van der Waals surface area contributed by atoms with Crippen LogP contribution in [0.25, 0.3) is 5.76 Å². The van der Waals surface area contributed by atoms with Gasteiger partial charge in [-0.05, 0) is 29.8 Å². The van der Waals surface area contributed by atoms with E-state index in [0.717, 1.165) is 49.1 Å². The van der Waals surface area contributed by atoms with Crippen molar-refractivity contribution in [1.29, 1.82) is 0 Å². The van der Waals surface area contributed by atoms with Crippen LogP contribution in [0.5, 0.6) is 0 Å². The van der Waals surface area contributed by atoms with E-state index in [2.05, 4.69) is 51.4 Å². The second-order valence-corrected chi connectivity index (χ2v) is 6.46. The average Bonchev–Trinajstić information content (AvgIpc) is 2.76. The maximum Gasteiger partial charge on any atom is 0.149 e. The summed E-state index contributed by atoms with van der Waals surface area (Å²) in [6.07, 6.45) is 5.32. The van der Waals surface area contributed by atoms with E-state index in [0.29, 0.717) is 6.54 Å². The van der Waals surface area contributed by atoms with Crippen LogP contribution >= 0.6 is 0 Å². The third kappa shape index (κ3) is 4.84. The number of pyridine rings is 1. The van der Waals surface area contributed by atoms with Crippen LogP contribution in [0.3, 0.4) is 0 Å². The molecule has 0 bridgehead atoms. The quantitative estimate of drug-likeness (QED) is 0.537. The summed E-state index contributed by atoms with van der Waals surface area (Å²) >= 11 is 0. The van der Waals surface area contributed by atoms with Crippen LogP contribution in [0.2, 0.25) is 0 Å². The normalized spacial score (nSPS) is 14.5. The number of aromatic nitrogens is 1. The lowest BCUT2D eigenvalue weighted by Gasteiger charge is -2.29. The third-order valence-corrected chi connectivity index (χ3v) is 4.68. The number of methoxy groups -OCH3 is 1. The Balaban J connectivity index is 1.72. The third-order valence-electron chi connectivity index (χ3n) is 4.68. The van der Waals surface area contributed by atoms with E-state index < -0.39 is 0 Å². The second-order valence-electron chi connectivity index (χ2n) is 6.46. The summed E-state index contributed by atoms with van der Waals surface area (Å²) in [5, 5.41) is 6.63. The number of anilines is 3. The highest BCUT2D eigenvalue weighted by molar-refractivity contribution is 5.71. The van der Waals surface area contributed by atoms with Crippen molar-refractivity contribution in [2.75, 3.05) is 56.0 Å². The molecule has 1 aliphatic heterocycles. The fraction of sp³-hybridized carbons (Fsp3) is 0.318. The van der Waals surface area contributed by atoms with E-state index in [1.165, 1.54) is 11.3 Å². The van der Waals surface area contributed by atoms with Gasteiger partial charge in [0.1, 0.15) is 11.6 Å². The van der Waals surface area contributed by atoms with Gasteiger partial charge in [-0.25, -0.2) is 4.98 Å². The number of rotatable bonds is 8. The van der Waals surface area contributed by atoms with Crippen LogP contribution < -0.4 is 15.5 Å². The summed E-state index contributed by atoms with van der Waals surface area (Å²) in [4.78, 5) is 6.93. The SMILES string of the molecule is C=C/C=C(\OC)c1cnc(NCc2cccc(N3CCOCC3)c2)c(NC)c1. The average molecular weight is 380 g/mol. The largest absolute Gasteiger partial charge is 0.496 e. The van der Waals surface area contributed by atoms with Crippen molar-refractivity contribution in [2.24, 2.45) is 0 Å². The molecule has 0 spiro atoms. The summed E-state index contributed by atoms with van der Waals surface area (Å²) in [7, 11) is 3.52. The number of nitrogens with zero attached hydrogens (tertiary/aromatic N) is 2. The van der Waals surface area contributed by atoms with E-state index in [4.69, 9.17) is 9.47 Å². The minimum atomic E-state index is 0.693. The van der Waals surface area contributed by atoms with Gasteiger partial charge in [-0.2, -0.15) is 0 Å². The number of hydrogen-bond donors (Lipinski definition) is 2. The number of allylic oxidation sites excluding steroid dienone is 2. The Hall–Kier alpha value is -2.99. The van der Waals surface area contributed by atoms with Gasteiger partial charge in [-0.1, -0.05) is 24.8 Å². The van der Waals surface area contributed by atoms with Crippen molar-refractivity contribution in [3.63, 3.8) is 0 Å². The van der Waals surface area contributed by atoms with Crippen LogP contribution in [0.4, 0.5) is 17.2 Å². The van der Waals surface area contributed by atoms with Gasteiger partial charge in [0.2, 0.25) is 0 Å². The van der Waals surface area contributed by atoms with Gasteiger partial charge in [0, 0.05) is 44.1 Å². The van der Waals surface area contributed by atoms with Crippen LogP contribution in [0, 0.1) is 0 Å². The first-order valence-electron chi connectivity index (χ1n) is 9.45. The van der Waals surface area contributed by atoms with E-state index >= 15 is 0 Å². The Morgan fingerprint density at radius 2 is 2.14 bits per heavy atom. The molecule has 0 saturated carbocycles. The summed E-state index contributed by atoms with van der Waals surface area (Å²) in [5.41, 5.74) is 4.25. The molecule has 2 N–H and O–H groups in total. The van der Waals surface area contributed by atoms with Crippen molar-refractivity contribution < 1.29 is 9.47 Å². The molecule has 0 radical (unpaired) electrons. The molecular formula is C22H28N4O2. The first-order chi connectivity index (χ1) is 13.7. The fourth-order valence-electron chi connectivity index (χ4n) is 3.19. The molecule has 2 aromatic rings. The van der Waals surface area contributed by atoms with E-state index in [-0.39, 0.29) is 0 Å². The molecule has 0 aliphatic carbocycles.